The second kappa shape index (κ2) is 7.21. The smallest absolute Gasteiger partial charge is 0.262 e. The van der Waals surface area contributed by atoms with Gasteiger partial charge >= 0.3 is 0 Å². The fraction of sp³-hybridized carbons (Fsp3) is 0.222. The van der Waals surface area contributed by atoms with Crippen LogP contribution < -0.4 is 20.3 Å². The number of likely N-dealkylation sites (N-methyl/N-ethyl adjacent to an activating group) is 1. The SMILES string of the molecule is CNC(=O)[C@@H]1CN(CC(=O)Nc2ccccc2F)c2ccccc2O1. The largest absolute Gasteiger partial charge is 0.477 e. The number of fused-ring (bicyclic) bond motifs is 1. The number of nitrogens with zero attached hydrogens (tertiary/aromatic N) is 1. The summed E-state index contributed by atoms with van der Waals surface area (Å²) >= 11 is 0. The maximum absolute atomic E-state index is 13.7. The van der Waals surface area contributed by atoms with E-state index in [1.165, 1.54) is 19.2 Å². The molecule has 0 fully saturated rings. The molecule has 2 aromatic carbocycles. The van der Waals surface area contributed by atoms with Gasteiger partial charge in [0.15, 0.2) is 6.10 Å². The van der Waals surface area contributed by atoms with Gasteiger partial charge in [0.25, 0.3) is 5.91 Å². The molecule has 0 saturated carbocycles. The highest BCUT2D eigenvalue weighted by molar-refractivity contribution is 5.95. The number of rotatable bonds is 4. The van der Waals surface area contributed by atoms with Crippen molar-refractivity contribution in [2.75, 3.05) is 30.4 Å². The van der Waals surface area contributed by atoms with Gasteiger partial charge in [-0.2, -0.15) is 0 Å². The van der Waals surface area contributed by atoms with Crippen LogP contribution in [0.5, 0.6) is 5.75 Å². The highest BCUT2D eigenvalue weighted by atomic mass is 19.1. The van der Waals surface area contributed by atoms with Crippen molar-refractivity contribution in [1.29, 1.82) is 0 Å². The second-order valence-electron chi connectivity index (χ2n) is 5.60. The van der Waals surface area contributed by atoms with Gasteiger partial charge in [0.05, 0.1) is 24.5 Å². The Morgan fingerprint density at radius 2 is 1.92 bits per heavy atom. The van der Waals surface area contributed by atoms with E-state index < -0.39 is 11.9 Å². The molecule has 7 heteroatoms. The van der Waals surface area contributed by atoms with Crippen LogP contribution in [-0.4, -0.2) is 38.1 Å². The Kier molecular flexibility index (Phi) is 4.83. The topological polar surface area (TPSA) is 70.7 Å². The lowest BCUT2D eigenvalue weighted by atomic mass is 10.1. The van der Waals surface area contributed by atoms with Crippen molar-refractivity contribution in [3.8, 4) is 5.75 Å². The van der Waals surface area contributed by atoms with E-state index in [1.807, 2.05) is 12.1 Å². The third-order valence-corrected chi connectivity index (χ3v) is 3.88. The first kappa shape index (κ1) is 16.8. The second-order valence-corrected chi connectivity index (χ2v) is 5.60. The van der Waals surface area contributed by atoms with Gasteiger partial charge in [0.1, 0.15) is 11.6 Å². The first-order chi connectivity index (χ1) is 12.1. The molecule has 1 atom stereocenters. The average molecular weight is 343 g/mol. The molecule has 1 heterocycles. The van der Waals surface area contributed by atoms with Crippen LogP contribution in [0.25, 0.3) is 0 Å². The first-order valence-electron chi connectivity index (χ1n) is 7.85. The molecule has 3 rings (SSSR count). The Morgan fingerprint density at radius 1 is 1.20 bits per heavy atom. The van der Waals surface area contributed by atoms with Gasteiger partial charge in [-0.1, -0.05) is 24.3 Å². The van der Waals surface area contributed by atoms with Gasteiger partial charge in [-0.15, -0.1) is 0 Å². The van der Waals surface area contributed by atoms with E-state index in [0.29, 0.717) is 11.4 Å². The number of benzene rings is 2. The van der Waals surface area contributed by atoms with Gasteiger partial charge in [-0.05, 0) is 24.3 Å². The van der Waals surface area contributed by atoms with E-state index in [0.717, 1.165) is 0 Å². The molecule has 2 amide bonds. The van der Waals surface area contributed by atoms with Crippen LogP contribution in [0.15, 0.2) is 48.5 Å². The maximum Gasteiger partial charge on any atom is 0.262 e. The van der Waals surface area contributed by atoms with Gasteiger partial charge in [-0.3, -0.25) is 9.59 Å². The molecule has 0 bridgehead atoms. The van der Waals surface area contributed by atoms with E-state index in [9.17, 15) is 14.0 Å². The number of carbonyl (C=O) groups excluding carboxylic acids is 2. The number of halogens is 1. The van der Waals surface area contributed by atoms with Crippen molar-refractivity contribution < 1.29 is 18.7 Å². The molecule has 130 valence electrons. The van der Waals surface area contributed by atoms with Crippen LogP contribution >= 0.6 is 0 Å². The summed E-state index contributed by atoms with van der Waals surface area (Å²) in [7, 11) is 1.53. The average Bonchev–Trinajstić information content (AvgIpc) is 2.62. The predicted molar refractivity (Wildman–Crippen MR) is 92.2 cm³/mol. The zero-order valence-corrected chi connectivity index (χ0v) is 13.7. The van der Waals surface area contributed by atoms with E-state index in [-0.39, 0.29) is 30.6 Å². The third kappa shape index (κ3) is 3.71. The molecule has 2 aromatic rings. The van der Waals surface area contributed by atoms with Crippen LogP contribution in [0.1, 0.15) is 0 Å². The number of nitrogens with one attached hydrogen (secondary N) is 2. The summed E-state index contributed by atoms with van der Waals surface area (Å²) in [5.41, 5.74) is 0.836. The quantitative estimate of drug-likeness (QED) is 0.888. The Balaban J connectivity index is 1.77. The lowest BCUT2D eigenvalue weighted by Crippen LogP contribution is -2.50. The number of para-hydroxylation sites is 3. The van der Waals surface area contributed by atoms with Gasteiger partial charge < -0.3 is 20.3 Å². The highest BCUT2D eigenvalue weighted by Gasteiger charge is 2.31. The fourth-order valence-corrected chi connectivity index (χ4v) is 2.68. The molecule has 0 saturated heterocycles. The summed E-state index contributed by atoms with van der Waals surface area (Å²) in [6, 6.07) is 13.1. The summed E-state index contributed by atoms with van der Waals surface area (Å²) in [6.07, 6.45) is -0.721. The van der Waals surface area contributed by atoms with Crippen LogP contribution in [-0.2, 0) is 9.59 Å². The molecule has 0 radical (unpaired) electrons. The van der Waals surface area contributed by atoms with Crippen LogP contribution in [0.2, 0.25) is 0 Å². The monoisotopic (exact) mass is 343 g/mol. The number of ether oxygens (including phenoxy) is 1. The molecule has 25 heavy (non-hydrogen) atoms. The van der Waals surface area contributed by atoms with Crippen LogP contribution in [0.4, 0.5) is 15.8 Å². The van der Waals surface area contributed by atoms with Gasteiger partial charge in [0, 0.05) is 7.05 Å². The van der Waals surface area contributed by atoms with Crippen molar-refractivity contribution in [1.82, 2.24) is 5.32 Å². The lowest BCUT2D eigenvalue weighted by molar-refractivity contribution is -0.127. The molecule has 0 spiro atoms. The zero-order valence-electron chi connectivity index (χ0n) is 13.7. The van der Waals surface area contributed by atoms with E-state index in [4.69, 9.17) is 4.74 Å². The van der Waals surface area contributed by atoms with Crippen molar-refractivity contribution in [2.45, 2.75) is 6.10 Å². The number of amides is 2. The predicted octanol–water partition coefficient (Wildman–Crippen LogP) is 1.78. The Hall–Kier alpha value is -3.09. The van der Waals surface area contributed by atoms with Crippen LogP contribution in [0.3, 0.4) is 0 Å². The van der Waals surface area contributed by atoms with E-state index in [2.05, 4.69) is 10.6 Å². The molecule has 0 aromatic heterocycles. The number of carbonyl (C=O) groups is 2. The highest BCUT2D eigenvalue weighted by Crippen LogP contribution is 2.33. The Labute approximate surface area is 144 Å². The molecule has 1 aliphatic heterocycles. The summed E-state index contributed by atoms with van der Waals surface area (Å²) in [6.45, 7) is 0.198. The van der Waals surface area contributed by atoms with E-state index >= 15 is 0 Å². The number of hydrogen-bond donors (Lipinski definition) is 2. The zero-order chi connectivity index (χ0) is 17.8. The minimum atomic E-state index is -0.721. The van der Waals surface area contributed by atoms with Crippen molar-refractivity contribution in [3.05, 3.63) is 54.3 Å². The fourth-order valence-electron chi connectivity index (χ4n) is 2.68. The Morgan fingerprint density at radius 3 is 2.68 bits per heavy atom. The summed E-state index contributed by atoms with van der Waals surface area (Å²) in [4.78, 5) is 26.0. The first-order valence-corrected chi connectivity index (χ1v) is 7.85. The van der Waals surface area contributed by atoms with Crippen molar-refractivity contribution in [2.24, 2.45) is 0 Å². The number of anilines is 2. The molecule has 0 unspecified atom stereocenters. The molecule has 2 N–H and O–H groups in total. The normalized spacial score (nSPS) is 15.8. The summed E-state index contributed by atoms with van der Waals surface area (Å²) in [5, 5.41) is 5.10. The van der Waals surface area contributed by atoms with Gasteiger partial charge in [0.2, 0.25) is 5.91 Å². The standard InChI is InChI=1S/C18H18FN3O3/c1-20-18(24)16-10-22(14-8-4-5-9-15(14)25-16)11-17(23)21-13-7-3-2-6-12(13)19/h2-9,16H,10-11H2,1H3,(H,20,24)(H,21,23)/t16-/m0/s1. The lowest BCUT2D eigenvalue weighted by Gasteiger charge is -2.34. The maximum atomic E-state index is 13.7. The third-order valence-electron chi connectivity index (χ3n) is 3.88. The molecule has 0 aliphatic carbocycles. The van der Waals surface area contributed by atoms with E-state index in [1.54, 1.807) is 29.2 Å². The summed E-state index contributed by atoms with van der Waals surface area (Å²) in [5.74, 6) is -0.617. The molecular formula is C18H18FN3O3. The van der Waals surface area contributed by atoms with Crippen LogP contribution in [0, 0.1) is 5.82 Å². The molecular weight excluding hydrogens is 325 g/mol. The van der Waals surface area contributed by atoms with Gasteiger partial charge in [-0.25, -0.2) is 4.39 Å². The van der Waals surface area contributed by atoms with Crippen molar-refractivity contribution in [3.63, 3.8) is 0 Å². The number of hydrogen-bond acceptors (Lipinski definition) is 4. The minimum absolute atomic E-state index is 0.0256. The molecule has 6 nitrogen and oxygen atoms in total. The van der Waals surface area contributed by atoms with Crippen molar-refractivity contribution >= 4 is 23.2 Å². The molecule has 1 aliphatic rings. The summed E-state index contributed by atoms with van der Waals surface area (Å²) < 4.78 is 19.4. The Bertz CT molecular complexity index is 797. The minimum Gasteiger partial charge on any atom is -0.477 e.